The van der Waals surface area contributed by atoms with Crippen LogP contribution in [0.2, 0.25) is 0 Å². The van der Waals surface area contributed by atoms with Gasteiger partial charge in [0.25, 0.3) is 0 Å². The molecule has 0 saturated carbocycles. The lowest BCUT2D eigenvalue weighted by atomic mass is 10.1. The van der Waals surface area contributed by atoms with Gasteiger partial charge in [0.1, 0.15) is 6.04 Å². The lowest BCUT2D eigenvalue weighted by Crippen LogP contribution is -2.50. The van der Waals surface area contributed by atoms with E-state index in [0.29, 0.717) is 39.1 Å². The molecule has 1 atom stereocenters. The number of aryl methyl sites for hydroxylation is 1. The molecule has 1 aromatic rings. The number of nitrogens with one attached hydrogen (secondary N) is 1. The molecule has 0 aromatic heterocycles. The SMILES string of the molecule is C[C@@H](NC(=O)CCc1ccccc1)C(=O)N1CCOCC1. The van der Waals surface area contributed by atoms with Crippen molar-refractivity contribution in [1.29, 1.82) is 0 Å². The highest BCUT2D eigenvalue weighted by Gasteiger charge is 2.23. The van der Waals surface area contributed by atoms with Gasteiger partial charge in [0.05, 0.1) is 13.2 Å². The van der Waals surface area contributed by atoms with Gasteiger partial charge in [0, 0.05) is 19.5 Å². The van der Waals surface area contributed by atoms with E-state index >= 15 is 0 Å². The molecule has 1 fully saturated rings. The number of nitrogens with zero attached hydrogens (tertiary/aromatic N) is 1. The van der Waals surface area contributed by atoms with Gasteiger partial charge in [-0.1, -0.05) is 30.3 Å². The standard InChI is InChI=1S/C16H22N2O3/c1-13(16(20)18-9-11-21-12-10-18)17-15(19)8-7-14-5-3-2-4-6-14/h2-6,13H,7-12H2,1H3,(H,17,19)/t13-/m1/s1. The first-order valence-electron chi connectivity index (χ1n) is 7.36. The molecular formula is C16H22N2O3. The highest BCUT2D eigenvalue weighted by molar-refractivity contribution is 5.87. The molecule has 0 spiro atoms. The third-order valence-electron chi connectivity index (χ3n) is 3.55. The number of benzene rings is 1. The summed E-state index contributed by atoms with van der Waals surface area (Å²) >= 11 is 0. The van der Waals surface area contributed by atoms with Gasteiger partial charge in [-0.3, -0.25) is 9.59 Å². The van der Waals surface area contributed by atoms with E-state index in [2.05, 4.69) is 5.32 Å². The number of amides is 2. The number of carbonyl (C=O) groups excluding carboxylic acids is 2. The van der Waals surface area contributed by atoms with E-state index in [-0.39, 0.29) is 11.8 Å². The van der Waals surface area contributed by atoms with Crippen molar-refractivity contribution in [2.45, 2.75) is 25.8 Å². The molecule has 1 aromatic carbocycles. The van der Waals surface area contributed by atoms with Gasteiger partial charge in [-0.2, -0.15) is 0 Å². The van der Waals surface area contributed by atoms with Crippen molar-refractivity contribution in [3.63, 3.8) is 0 Å². The van der Waals surface area contributed by atoms with Crippen LogP contribution in [0, 0.1) is 0 Å². The fraction of sp³-hybridized carbons (Fsp3) is 0.500. The second kappa shape index (κ2) is 7.78. The Morgan fingerprint density at radius 1 is 1.24 bits per heavy atom. The molecule has 0 unspecified atom stereocenters. The molecule has 1 N–H and O–H groups in total. The summed E-state index contributed by atoms with van der Waals surface area (Å²) in [4.78, 5) is 25.8. The maximum Gasteiger partial charge on any atom is 0.245 e. The minimum absolute atomic E-state index is 0.0358. The minimum atomic E-state index is -0.480. The molecule has 2 rings (SSSR count). The van der Waals surface area contributed by atoms with Crippen LogP contribution in [0.4, 0.5) is 0 Å². The summed E-state index contributed by atoms with van der Waals surface area (Å²) in [7, 11) is 0. The van der Waals surface area contributed by atoms with Crippen molar-refractivity contribution in [2.75, 3.05) is 26.3 Å². The molecule has 5 heteroatoms. The Hall–Kier alpha value is -1.88. The minimum Gasteiger partial charge on any atom is -0.378 e. The number of hydrogen-bond acceptors (Lipinski definition) is 3. The Morgan fingerprint density at radius 2 is 1.90 bits per heavy atom. The lowest BCUT2D eigenvalue weighted by molar-refractivity contribution is -0.139. The predicted molar refractivity (Wildman–Crippen MR) is 79.8 cm³/mol. The van der Waals surface area contributed by atoms with Gasteiger partial charge >= 0.3 is 0 Å². The molecule has 0 aliphatic carbocycles. The highest BCUT2D eigenvalue weighted by atomic mass is 16.5. The molecule has 0 radical (unpaired) electrons. The normalized spacial score (nSPS) is 16.3. The van der Waals surface area contributed by atoms with Crippen LogP contribution in [0.15, 0.2) is 30.3 Å². The molecule has 5 nitrogen and oxygen atoms in total. The molecule has 114 valence electrons. The summed E-state index contributed by atoms with van der Waals surface area (Å²) in [5, 5.41) is 2.78. The molecule has 2 amide bonds. The number of ether oxygens (including phenoxy) is 1. The summed E-state index contributed by atoms with van der Waals surface area (Å²) in [5.74, 6) is -0.126. The van der Waals surface area contributed by atoms with Crippen molar-refractivity contribution in [3.05, 3.63) is 35.9 Å². The van der Waals surface area contributed by atoms with Crippen LogP contribution >= 0.6 is 0 Å². The van der Waals surface area contributed by atoms with E-state index in [1.54, 1.807) is 11.8 Å². The first-order valence-corrected chi connectivity index (χ1v) is 7.36. The Kier molecular flexibility index (Phi) is 5.75. The summed E-state index contributed by atoms with van der Waals surface area (Å²) in [5.41, 5.74) is 1.12. The van der Waals surface area contributed by atoms with Crippen LogP contribution in [-0.4, -0.2) is 49.1 Å². The van der Waals surface area contributed by atoms with Crippen LogP contribution < -0.4 is 5.32 Å². The quantitative estimate of drug-likeness (QED) is 0.879. The number of hydrogen-bond donors (Lipinski definition) is 1. The van der Waals surface area contributed by atoms with Gasteiger partial charge in [-0.15, -0.1) is 0 Å². The first kappa shape index (κ1) is 15.5. The topological polar surface area (TPSA) is 58.6 Å². The van der Waals surface area contributed by atoms with Gasteiger partial charge in [-0.25, -0.2) is 0 Å². The van der Waals surface area contributed by atoms with Crippen molar-refractivity contribution in [1.82, 2.24) is 10.2 Å². The zero-order chi connectivity index (χ0) is 15.1. The molecular weight excluding hydrogens is 268 g/mol. The third kappa shape index (κ3) is 4.86. The molecule has 1 aliphatic heterocycles. The monoisotopic (exact) mass is 290 g/mol. The number of carbonyl (C=O) groups is 2. The second-order valence-electron chi connectivity index (χ2n) is 5.21. The van der Waals surface area contributed by atoms with Gasteiger partial charge in [0.2, 0.25) is 11.8 Å². The van der Waals surface area contributed by atoms with E-state index in [1.165, 1.54) is 0 Å². The maximum absolute atomic E-state index is 12.2. The van der Waals surface area contributed by atoms with E-state index in [1.807, 2.05) is 30.3 Å². The van der Waals surface area contributed by atoms with Crippen molar-refractivity contribution in [3.8, 4) is 0 Å². The zero-order valence-electron chi connectivity index (χ0n) is 12.4. The Morgan fingerprint density at radius 3 is 2.57 bits per heavy atom. The molecule has 21 heavy (non-hydrogen) atoms. The van der Waals surface area contributed by atoms with E-state index in [0.717, 1.165) is 5.56 Å². The fourth-order valence-electron chi connectivity index (χ4n) is 2.34. The molecule has 1 aliphatic rings. The van der Waals surface area contributed by atoms with Gasteiger partial charge in [-0.05, 0) is 18.9 Å². The summed E-state index contributed by atoms with van der Waals surface area (Å²) < 4.78 is 5.22. The third-order valence-corrected chi connectivity index (χ3v) is 3.55. The summed E-state index contributed by atoms with van der Waals surface area (Å²) in [6.07, 6.45) is 1.08. The van der Waals surface area contributed by atoms with E-state index in [9.17, 15) is 9.59 Å². The number of morpholine rings is 1. The van der Waals surface area contributed by atoms with Crippen molar-refractivity contribution >= 4 is 11.8 Å². The summed E-state index contributed by atoms with van der Waals surface area (Å²) in [6.45, 7) is 4.07. The summed E-state index contributed by atoms with van der Waals surface area (Å²) in [6, 6.07) is 9.37. The Balaban J connectivity index is 1.74. The Labute approximate surface area is 125 Å². The molecule has 1 heterocycles. The Bertz CT molecular complexity index is 470. The molecule has 1 saturated heterocycles. The van der Waals surface area contributed by atoms with E-state index < -0.39 is 6.04 Å². The first-order chi connectivity index (χ1) is 10.2. The zero-order valence-corrected chi connectivity index (χ0v) is 12.4. The van der Waals surface area contributed by atoms with Crippen LogP contribution in [0.5, 0.6) is 0 Å². The average Bonchev–Trinajstić information content (AvgIpc) is 2.54. The average molecular weight is 290 g/mol. The molecule has 0 bridgehead atoms. The lowest BCUT2D eigenvalue weighted by Gasteiger charge is -2.29. The van der Waals surface area contributed by atoms with Crippen LogP contribution in [0.1, 0.15) is 18.9 Å². The van der Waals surface area contributed by atoms with Gasteiger partial charge < -0.3 is 15.0 Å². The maximum atomic E-state index is 12.2. The largest absolute Gasteiger partial charge is 0.378 e. The van der Waals surface area contributed by atoms with Crippen molar-refractivity contribution < 1.29 is 14.3 Å². The van der Waals surface area contributed by atoms with Gasteiger partial charge in [0.15, 0.2) is 0 Å². The van der Waals surface area contributed by atoms with E-state index in [4.69, 9.17) is 4.74 Å². The smallest absolute Gasteiger partial charge is 0.245 e. The van der Waals surface area contributed by atoms with Crippen LogP contribution in [0.25, 0.3) is 0 Å². The number of rotatable bonds is 5. The second-order valence-corrected chi connectivity index (χ2v) is 5.21. The fourth-order valence-corrected chi connectivity index (χ4v) is 2.34. The highest BCUT2D eigenvalue weighted by Crippen LogP contribution is 2.04. The van der Waals surface area contributed by atoms with Crippen molar-refractivity contribution in [2.24, 2.45) is 0 Å². The van der Waals surface area contributed by atoms with Crippen LogP contribution in [0.3, 0.4) is 0 Å². The van der Waals surface area contributed by atoms with Crippen LogP contribution in [-0.2, 0) is 20.7 Å². The predicted octanol–water partition coefficient (Wildman–Crippen LogP) is 0.983.